The van der Waals surface area contributed by atoms with Crippen LogP contribution in [-0.2, 0) is 17.6 Å². The van der Waals surface area contributed by atoms with Crippen molar-refractivity contribution in [3.63, 3.8) is 0 Å². The number of carbonyl (C=O) groups excluding carboxylic acids is 1. The Morgan fingerprint density at radius 2 is 2.08 bits per heavy atom. The molecule has 5 heteroatoms. The number of anilines is 1. The summed E-state index contributed by atoms with van der Waals surface area (Å²) in [5.41, 5.74) is 3.27. The summed E-state index contributed by atoms with van der Waals surface area (Å²) >= 11 is 0. The highest BCUT2D eigenvalue weighted by Gasteiger charge is 2.10. The molecule has 3 rings (SSSR count). The van der Waals surface area contributed by atoms with Gasteiger partial charge in [0.1, 0.15) is 11.6 Å². The molecule has 0 bridgehead atoms. The molecular formula is C20H24N4O. The van der Waals surface area contributed by atoms with E-state index in [2.05, 4.69) is 32.4 Å². The molecule has 0 aromatic carbocycles. The van der Waals surface area contributed by atoms with Crippen LogP contribution < -0.4 is 5.32 Å². The zero-order valence-electron chi connectivity index (χ0n) is 14.7. The Balaban J connectivity index is 1.40. The van der Waals surface area contributed by atoms with Crippen molar-refractivity contribution in [1.82, 2.24) is 15.0 Å². The van der Waals surface area contributed by atoms with Crippen LogP contribution in [0.2, 0.25) is 0 Å². The van der Waals surface area contributed by atoms with E-state index in [1.54, 1.807) is 24.5 Å². The molecule has 0 amide bonds. The van der Waals surface area contributed by atoms with Gasteiger partial charge in [0.2, 0.25) is 0 Å². The number of unbranched alkanes of at least 4 members (excludes halogenated alkanes) is 1. The number of nitrogens with zero attached hydrogens (tertiary/aromatic N) is 3. The number of hydrogen-bond donors (Lipinski definition) is 1. The van der Waals surface area contributed by atoms with Gasteiger partial charge in [0, 0.05) is 36.6 Å². The van der Waals surface area contributed by atoms with Crippen LogP contribution in [-0.4, -0.2) is 27.3 Å². The van der Waals surface area contributed by atoms with Crippen LogP contribution in [0.3, 0.4) is 0 Å². The van der Waals surface area contributed by atoms with E-state index in [4.69, 9.17) is 0 Å². The second-order valence-electron chi connectivity index (χ2n) is 6.41. The number of pyridine rings is 1. The maximum absolute atomic E-state index is 11.9. The quantitative estimate of drug-likeness (QED) is 0.619. The molecular weight excluding hydrogens is 312 g/mol. The highest BCUT2D eigenvalue weighted by molar-refractivity contribution is 5.93. The second-order valence-corrected chi connectivity index (χ2v) is 6.41. The van der Waals surface area contributed by atoms with Gasteiger partial charge in [0.25, 0.3) is 0 Å². The minimum Gasteiger partial charge on any atom is -0.370 e. The summed E-state index contributed by atoms with van der Waals surface area (Å²) in [7, 11) is 0. The zero-order chi connectivity index (χ0) is 17.5. The highest BCUT2D eigenvalue weighted by atomic mass is 16.1. The lowest BCUT2D eigenvalue weighted by Crippen LogP contribution is -2.14. The summed E-state index contributed by atoms with van der Waals surface area (Å²) in [6.07, 6.45) is 12.5. The predicted molar refractivity (Wildman–Crippen MR) is 99.4 cm³/mol. The Morgan fingerprint density at radius 1 is 1.24 bits per heavy atom. The van der Waals surface area contributed by atoms with Gasteiger partial charge in [0.15, 0.2) is 5.78 Å². The molecule has 3 heterocycles. The smallest absolute Gasteiger partial charge is 0.155 e. The fourth-order valence-electron chi connectivity index (χ4n) is 2.87. The molecule has 1 N–H and O–H groups in total. The Bertz CT molecular complexity index is 753. The number of hydrogen-bond acceptors (Lipinski definition) is 5. The van der Waals surface area contributed by atoms with E-state index in [0.717, 1.165) is 55.1 Å². The van der Waals surface area contributed by atoms with E-state index in [0.29, 0.717) is 6.42 Å². The summed E-state index contributed by atoms with van der Waals surface area (Å²) in [6.45, 7) is 2.85. The maximum Gasteiger partial charge on any atom is 0.155 e. The summed E-state index contributed by atoms with van der Waals surface area (Å²) in [4.78, 5) is 24.8. The fourth-order valence-corrected chi connectivity index (χ4v) is 2.87. The van der Waals surface area contributed by atoms with E-state index < -0.39 is 0 Å². The molecule has 1 aliphatic rings. The van der Waals surface area contributed by atoms with Crippen LogP contribution >= 0.6 is 0 Å². The molecule has 0 atom stereocenters. The lowest BCUT2D eigenvalue weighted by atomic mass is 10.0. The predicted octanol–water partition coefficient (Wildman–Crippen LogP) is 3.53. The van der Waals surface area contributed by atoms with Crippen LogP contribution in [0.1, 0.15) is 48.3 Å². The average Bonchev–Trinajstić information content (AvgIpc) is 2.64. The molecule has 2 aromatic heterocycles. The Hall–Kier alpha value is -2.56. The van der Waals surface area contributed by atoms with Crippen LogP contribution in [0.25, 0.3) is 6.08 Å². The number of aromatic nitrogens is 3. The number of fused-ring (bicyclic) bond motifs is 1. The summed E-state index contributed by atoms with van der Waals surface area (Å²) < 4.78 is 0. The molecule has 0 spiro atoms. The number of aryl methyl sites for hydroxylation is 3. The van der Waals surface area contributed by atoms with E-state index >= 15 is 0 Å². The molecule has 0 radical (unpaired) electrons. The van der Waals surface area contributed by atoms with E-state index in [1.165, 1.54) is 12.0 Å². The summed E-state index contributed by atoms with van der Waals surface area (Å²) in [5.74, 6) is 1.91. The molecule has 0 saturated heterocycles. The van der Waals surface area contributed by atoms with Gasteiger partial charge in [-0.15, -0.1) is 0 Å². The summed E-state index contributed by atoms with van der Waals surface area (Å²) in [5, 5.41) is 3.36. The van der Waals surface area contributed by atoms with Gasteiger partial charge in [-0.05, 0) is 62.8 Å². The fraction of sp³-hybridized carbons (Fsp3) is 0.400. The van der Waals surface area contributed by atoms with Crippen molar-refractivity contribution in [3.8, 4) is 0 Å². The SMILES string of the molecule is Cc1ncc(/C=C/C(=O)CCCCc2ccc3c(n2)NCCC3)cn1. The van der Waals surface area contributed by atoms with Crippen molar-refractivity contribution >= 4 is 17.7 Å². The largest absolute Gasteiger partial charge is 0.370 e. The van der Waals surface area contributed by atoms with Crippen molar-refractivity contribution in [2.45, 2.75) is 45.4 Å². The summed E-state index contributed by atoms with van der Waals surface area (Å²) in [6, 6.07) is 4.30. The second kappa shape index (κ2) is 8.51. The zero-order valence-corrected chi connectivity index (χ0v) is 14.7. The van der Waals surface area contributed by atoms with Crippen LogP contribution in [0.4, 0.5) is 5.82 Å². The number of carbonyl (C=O) groups is 1. The molecule has 0 unspecified atom stereocenters. The molecule has 130 valence electrons. The maximum atomic E-state index is 11.9. The van der Waals surface area contributed by atoms with Crippen LogP contribution in [0.5, 0.6) is 0 Å². The Labute approximate surface area is 148 Å². The Kier molecular flexibility index (Phi) is 5.88. The lowest BCUT2D eigenvalue weighted by Gasteiger charge is -2.17. The topological polar surface area (TPSA) is 67.8 Å². The first kappa shape index (κ1) is 17.3. The molecule has 0 fully saturated rings. The first-order valence-corrected chi connectivity index (χ1v) is 8.93. The number of allylic oxidation sites excluding steroid dienone is 1. The van der Waals surface area contributed by atoms with Crippen molar-refractivity contribution in [1.29, 1.82) is 0 Å². The monoisotopic (exact) mass is 336 g/mol. The van der Waals surface area contributed by atoms with E-state index in [1.807, 2.05) is 6.92 Å². The lowest BCUT2D eigenvalue weighted by molar-refractivity contribution is -0.114. The third-order valence-corrected chi connectivity index (χ3v) is 4.32. The minimum atomic E-state index is 0.139. The first-order valence-electron chi connectivity index (χ1n) is 8.93. The normalized spacial score (nSPS) is 13.5. The van der Waals surface area contributed by atoms with Gasteiger partial charge in [0.05, 0.1) is 0 Å². The Morgan fingerprint density at radius 3 is 2.92 bits per heavy atom. The standard InChI is InChI=1S/C20H24N4O/c1-15-22-13-16(14-23-15)8-11-19(25)7-3-2-6-18-10-9-17-5-4-12-21-20(17)24-18/h8-11,13-14H,2-7,12H2,1H3,(H,21,24)/b11-8+. The van der Waals surface area contributed by atoms with E-state index in [-0.39, 0.29) is 5.78 Å². The van der Waals surface area contributed by atoms with Crippen molar-refractivity contribution in [2.24, 2.45) is 0 Å². The van der Waals surface area contributed by atoms with Gasteiger partial charge in [-0.2, -0.15) is 0 Å². The number of ketones is 1. The molecule has 25 heavy (non-hydrogen) atoms. The van der Waals surface area contributed by atoms with Crippen LogP contribution in [0, 0.1) is 6.92 Å². The first-order chi connectivity index (χ1) is 12.2. The average molecular weight is 336 g/mol. The molecule has 0 saturated carbocycles. The van der Waals surface area contributed by atoms with Gasteiger partial charge in [-0.1, -0.05) is 6.07 Å². The van der Waals surface area contributed by atoms with Crippen molar-refractivity contribution < 1.29 is 4.79 Å². The highest BCUT2D eigenvalue weighted by Crippen LogP contribution is 2.20. The number of rotatable bonds is 7. The third-order valence-electron chi connectivity index (χ3n) is 4.32. The number of nitrogens with one attached hydrogen (secondary N) is 1. The molecule has 2 aromatic rings. The van der Waals surface area contributed by atoms with Gasteiger partial charge >= 0.3 is 0 Å². The molecule has 0 aliphatic carbocycles. The third kappa shape index (κ3) is 5.21. The molecule has 1 aliphatic heterocycles. The van der Waals surface area contributed by atoms with Gasteiger partial charge in [-0.3, -0.25) is 4.79 Å². The van der Waals surface area contributed by atoms with Gasteiger partial charge < -0.3 is 5.32 Å². The minimum absolute atomic E-state index is 0.139. The molecule has 5 nitrogen and oxygen atoms in total. The van der Waals surface area contributed by atoms with E-state index in [9.17, 15) is 4.79 Å². The van der Waals surface area contributed by atoms with Gasteiger partial charge in [-0.25, -0.2) is 15.0 Å². The van der Waals surface area contributed by atoms with Crippen molar-refractivity contribution in [3.05, 3.63) is 53.2 Å². The van der Waals surface area contributed by atoms with Crippen LogP contribution in [0.15, 0.2) is 30.6 Å². The van der Waals surface area contributed by atoms with Crippen molar-refractivity contribution in [2.75, 3.05) is 11.9 Å².